The summed E-state index contributed by atoms with van der Waals surface area (Å²) in [5.41, 5.74) is -0.156. The average molecular weight is 331 g/mol. The van der Waals surface area contributed by atoms with E-state index in [0.717, 1.165) is 6.26 Å². The molecule has 0 radical (unpaired) electrons. The summed E-state index contributed by atoms with van der Waals surface area (Å²) in [5.74, 6) is 0.444. The Hall–Kier alpha value is -2.81. The van der Waals surface area contributed by atoms with Gasteiger partial charge in [-0.25, -0.2) is 27.7 Å². The molecule has 0 bridgehead atoms. The zero-order valence-electron chi connectivity index (χ0n) is 12.2. The second kappa shape index (κ2) is 5.43. The van der Waals surface area contributed by atoms with Gasteiger partial charge in [0.15, 0.2) is 11.5 Å². The van der Waals surface area contributed by atoms with Crippen molar-refractivity contribution >= 4 is 20.9 Å². The summed E-state index contributed by atoms with van der Waals surface area (Å²) in [4.78, 5) is 24.5. The predicted octanol–water partition coefficient (Wildman–Crippen LogP) is 0.567. The Morgan fingerprint density at radius 1 is 1.30 bits per heavy atom. The first kappa shape index (κ1) is 15.1. The molecule has 8 nitrogen and oxygen atoms in total. The quantitative estimate of drug-likeness (QED) is 0.512. The smallest absolute Gasteiger partial charge is 0.267 e. The van der Waals surface area contributed by atoms with Crippen LogP contribution in [-0.4, -0.2) is 39.0 Å². The molecule has 0 saturated carbocycles. The van der Waals surface area contributed by atoms with Gasteiger partial charge in [-0.1, -0.05) is 12.1 Å². The zero-order chi connectivity index (χ0) is 16.6. The summed E-state index contributed by atoms with van der Waals surface area (Å²) in [6, 6.07) is 5.19. The molecule has 9 heteroatoms. The molecular formula is C14H13N5O3S. The molecule has 0 spiro atoms. The average Bonchev–Trinajstić information content (AvgIpc) is 2.80. The van der Waals surface area contributed by atoms with E-state index in [-0.39, 0.29) is 28.3 Å². The van der Waals surface area contributed by atoms with Crippen LogP contribution in [0.2, 0.25) is 0 Å². The third kappa shape index (κ3) is 2.55. The van der Waals surface area contributed by atoms with E-state index in [1.807, 2.05) is 0 Å². The molecule has 3 heterocycles. The minimum Gasteiger partial charge on any atom is -0.267 e. The van der Waals surface area contributed by atoms with Crippen molar-refractivity contribution in [3.8, 4) is 5.82 Å². The van der Waals surface area contributed by atoms with Gasteiger partial charge in [-0.2, -0.15) is 4.98 Å². The second-order valence-corrected chi connectivity index (χ2v) is 6.75. The normalized spacial score (nSPS) is 11.7. The molecule has 0 N–H and O–H groups in total. The van der Waals surface area contributed by atoms with Crippen molar-refractivity contribution in [1.29, 1.82) is 0 Å². The van der Waals surface area contributed by atoms with Gasteiger partial charge < -0.3 is 0 Å². The SMILES string of the molecule is C=CCn1c(=O)c2cnc(S(C)(=O)=O)nc2n1-c1ccccn1. The molecule has 0 aliphatic carbocycles. The molecule has 3 aromatic rings. The number of aromatic nitrogens is 5. The van der Waals surface area contributed by atoms with Crippen LogP contribution >= 0.6 is 0 Å². The number of hydrogen-bond donors (Lipinski definition) is 0. The molecule has 0 amide bonds. The summed E-state index contributed by atoms with van der Waals surface area (Å²) in [6.07, 6.45) is 5.37. The molecule has 0 fully saturated rings. The largest absolute Gasteiger partial charge is 0.278 e. The molecular weight excluding hydrogens is 318 g/mol. The van der Waals surface area contributed by atoms with Crippen molar-refractivity contribution in [2.75, 3.05) is 6.26 Å². The van der Waals surface area contributed by atoms with E-state index < -0.39 is 9.84 Å². The second-order valence-electron chi connectivity index (χ2n) is 4.84. The summed E-state index contributed by atoms with van der Waals surface area (Å²) < 4.78 is 26.2. The highest BCUT2D eigenvalue weighted by Crippen LogP contribution is 2.15. The Balaban J connectivity index is 2.45. The molecule has 23 heavy (non-hydrogen) atoms. The maximum absolute atomic E-state index is 12.5. The standard InChI is InChI=1S/C14H13N5O3S/c1-3-8-18-13(20)10-9-16-14(23(2,21)22)17-12(10)19(18)11-6-4-5-7-15-11/h3-7,9H,1,8H2,2H3. The fraction of sp³-hybridized carbons (Fsp3) is 0.143. The maximum Gasteiger partial charge on any atom is 0.278 e. The van der Waals surface area contributed by atoms with Crippen molar-refractivity contribution in [2.24, 2.45) is 0 Å². The van der Waals surface area contributed by atoms with Crippen LogP contribution in [-0.2, 0) is 16.4 Å². The van der Waals surface area contributed by atoms with E-state index in [1.165, 1.54) is 15.6 Å². The van der Waals surface area contributed by atoms with Gasteiger partial charge in [0, 0.05) is 18.6 Å². The van der Waals surface area contributed by atoms with Gasteiger partial charge in [0.1, 0.15) is 5.39 Å². The van der Waals surface area contributed by atoms with Gasteiger partial charge in [-0.05, 0) is 12.1 Å². The molecule has 0 unspecified atom stereocenters. The van der Waals surface area contributed by atoms with Crippen LogP contribution in [0.3, 0.4) is 0 Å². The van der Waals surface area contributed by atoms with Crippen LogP contribution in [0.5, 0.6) is 0 Å². The summed E-state index contributed by atoms with van der Waals surface area (Å²) in [6.45, 7) is 3.86. The van der Waals surface area contributed by atoms with Crippen molar-refractivity contribution in [2.45, 2.75) is 11.7 Å². The zero-order valence-corrected chi connectivity index (χ0v) is 13.1. The Morgan fingerprint density at radius 3 is 2.70 bits per heavy atom. The molecule has 3 rings (SSSR count). The van der Waals surface area contributed by atoms with Gasteiger partial charge in [-0.3, -0.25) is 4.79 Å². The molecule has 0 atom stereocenters. The van der Waals surface area contributed by atoms with E-state index in [9.17, 15) is 13.2 Å². The lowest BCUT2D eigenvalue weighted by Crippen LogP contribution is -2.22. The summed E-state index contributed by atoms with van der Waals surface area (Å²) in [5, 5.41) is -0.129. The highest BCUT2D eigenvalue weighted by atomic mass is 32.2. The molecule has 0 saturated heterocycles. The van der Waals surface area contributed by atoms with Crippen molar-refractivity contribution in [1.82, 2.24) is 24.3 Å². The van der Waals surface area contributed by atoms with E-state index in [1.54, 1.807) is 30.5 Å². The van der Waals surface area contributed by atoms with Crippen LogP contribution in [0.15, 0.2) is 53.2 Å². The summed E-state index contributed by atoms with van der Waals surface area (Å²) >= 11 is 0. The lowest BCUT2D eigenvalue weighted by Gasteiger charge is -2.09. The van der Waals surface area contributed by atoms with Crippen LogP contribution in [0.1, 0.15) is 0 Å². The molecule has 0 aliphatic heterocycles. The van der Waals surface area contributed by atoms with E-state index in [0.29, 0.717) is 5.82 Å². The van der Waals surface area contributed by atoms with Gasteiger partial charge >= 0.3 is 0 Å². The van der Waals surface area contributed by atoms with Gasteiger partial charge in [-0.15, -0.1) is 6.58 Å². The number of nitrogens with zero attached hydrogens (tertiary/aromatic N) is 5. The number of hydrogen-bond acceptors (Lipinski definition) is 6. The fourth-order valence-electron chi connectivity index (χ4n) is 2.19. The number of rotatable bonds is 4. The summed E-state index contributed by atoms with van der Waals surface area (Å²) in [7, 11) is -3.60. The number of pyridine rings is 1. The van der Waals surface area contributed by atoms with Crippen LogP contribution in [0, 0.1) is 0 Å². The van der Waals surface area contributed by atoms with Gasteiger partial charge in [0.05, 0.1) is 6.54 Å². The first-order valence-corrected chi connectivity index (χ1v) is 8.53. The Kier molecular flexibility index (Phi) is 3.57. The van der Waals surface area contributed by atoms with Crippen LogP contribution in [0.4, 0.5) is 0 Å². The van der Waals surface area contributed by atoms with Gasteiger partial charge in [0.2, 0.25) is 15.0 Å². The van der Waals surface area contributed by atoms with Crippen molar-refractivity contribution in [3.63, 3.8) is 0 Å². The maximum atomic E-state index is 12.5. The third-order valence-corrected chi connectivity index (χ3v) is 4.01. The number of allylic oxidation sites excluding steroid dienone is 1. The van der Waals surface area contributed by atoms with Crippen molar-refractivity contribution < 1.29 is 8.42 Å². The highest BCUT2D eigenvalue weighted by Gasteiger charge is 2.20. The first-order valence-electron chi connectivity index (χ1n) is 6.64. The Bertz CT molecular complexity index is 1050. The van der Waals surface area contributed by atoms with E-state index >= 15 is 0 Å². The molecule has 3 aromatic heterocycles. The number of sulfone groups is 1. The minimum atomic E-state index is -3.60. The minimum absolute atomic E-state index is 0.186. The predicted molar refractivity (Wildman–Crippen MR) is 84.2 cm³/mol. The van der Waals surface area contributed by atoms with Crippen LogP contribution in [0.25, 0.3) is 16.9 Å². The van der Waals surface area contributed by atoms with E-state index in [4.69, 9.17) is 0 Å². The fourth-order valence-corrected chi connectivity index (χ4v) is 2.69. The first-order chi connectivity index (χ1) is 10.9. The highest BCUT2D eigenvalue weighted by molar-refractivity contribution is 7.90. The molecule has 0 aliphatic rings. The van der Waals surface area contributed by atoms with Crippen molar-refractivity contribution in [3.05, 3.63) is 53.6 Å². The Morgan fingerprint density at radius 2 is 2.09 bits per heavy atom. The molecule has 0 aromatic carbocycles. The Labute approximate surface area is 131 Å². The topological polar surface area (TPSA) is 99.7 Å². The molecule has 118 valence electrons. The lowest BCUT2D eigenvalue weighted by molar-refractivity contribution is 0.587. The van der Waals surface area contributed by atoms with Crippen LogP contribution < -0.4 is 5.56 Å². The lowest BCUT2D eigenvalue weighted by atomic mass is 10.4. The van der Waals surface area contributed by atoms with E-state index in [2.05, 4.69) is 21.5 Å². The number of fused-ring (bicyclic) bond motifs is 1. The third-order valence-electron chi connectivity index (χ3n) is 3.15. The monoisotopic (exact) mass is 331 g/mol. The van der Waals surface area contributed by atoms with Gasteiger partial charge in [0.25, 0.3) is 5.56 Å².